The van der Waals surface area contributed by atoms with Gasteiger partial charge in [0.25, 0.3) is 0 Å². The van der Waals surface area contributed by atoms with Gasteiger partial charge >= 0.3 is 6.18 Å². The minimum Gasteiger partial charge on any atom is -0.329 e. The third-order valence-corrected chi connectivity index (χ3v) is 1.74. The van der Waals surface area contributed by atoms with Gasteiger partial charge in [-0.05, 0) is 15.9 Å². The first-order valence-corrected chi connectivity index (χ1v) is 3.46. The third-order valence-electron chi connectivity index (χ3n) is 1.16. The highest BCUT2D eigenvalue weighted by atomic mass is 79.9. The number of imidazole rings is 1. The zero-order valence-electron chi connectivity index (χ0n) is 5.89. The number of hydrogen-bond donors (Lipinski definition) is 0. The van der Waals surface area contributed by atoms with Crippen LogP contribution in [0.4, 0.5) is 13.2 Å². The lowest BCUT2D eigenvalue weighted by atomic mass is 10.5. The summed E-state index contributed by atoms with van der Waals surface area (Å²) in [7, 11) is 1.29. The molecule has 0 saturated heterocycles. The van der Waals surface area contributed by atoms with Crippen LogP contribution >= 0.6 is 28.3 Å². The van der Waals surface area contributed by atoms with Crippen LogP contribution in [0.25, 0.3) is 0 Å². The highest BCUT2D eigenvalue weighted by Crippen LogP contribution is 2.33. The standard InChI is InChI=1S/C5H4BrF3N2.ClH/c1-11-2-10-4(6)3(11)5(7,8)9;/h2H,1H3;1H. The quantitative estimate of drug-likeness (QED) is 0.705. The van der Waals surface area contributed by atoms with Crippen LogP contribution in [0, 0.1) is 0 Å². The van der Waals surface area contributed by atoms with E-state index in [1.54, 1.807) is 0 Å². The molecule has 0 bridgehead atoms. The summed E-state index contributed by atoms with van der Waals surface area (Å²) in [6.45, 7) is 0. The second-order valence-electron chi connectivity index (χ2n) is 1.99. The Hall–Kier alpha value is -0.230. The van der Waals surface area contributed by atoms with Crippen LogP contribution in [0.5, 0.6) is 0 Å². The van der Waals surface area contributed by atoms with Crippen molar-refractivity contribution in [2.24, 2.45) is 7.05 Å². The van der Waals surface area contributed by atoms with E-state index in [0.29, 0.717) is 0 Å². The second kappa shape index (κ2) is 3.66. The molecular weight excluding hydrogens is 260 g/mol. The minimum atomic E-state index is -4.34. The number of aryl methyl sites for hydroxylation is 1. The average molecular weight is 265 g/mol. The van der Waals surface area contributed by atoms with Crippen LogP contribution in [0.15, 0.2) is 10.9 Å². The maximum atomic E-state index is 12.1. The van der Waals surface area contributed by atoms with Gasteiger partial charge in [-0.15, -0.1) is 12.4 Å². The van der Waals surface area contributed by atoms with E-state index in [4.69, 9.17) is 0 Å². The van der Waals surface area contributed by atoms with Crippen LogP contribution in [-0.4, -0.2) is 9.55 Å². The number of rotatable bonds is 0. The molecule has 0 aliphatic heterocycles. The Balaban J connectivity index is 0.00000121. The average Bonchev–Trinajstić information content (AvgIpc) is 2.08. The van der Waals surface area contributed by atoms with Crippen LogP contribution < -0.4 is 0 Å². The van der Waals surface area contributed by atoms with Gasteiger partial charge in [-0.3, -0.25) is 0 Å². The summed E-state index contributed by atoms with van der Waals surface area (Å²) in [5.74, 6) is 0. The van der Waals surface area contributed by atoms with Crippen LogP contribution in [0.1, 0.15) is 5.69 Å². The maximum Gasteiger partial charge on any atom is 0.434 e. The first-order valence-electron chi connectivity index (χ1n) is 2.67. The van der Waals surface area contributed by atoms with Gasteiger partial charge in [-0.2, -0.15) is 13.2 Å². The summed E-state index contributed by atoms with van der Waals surface area (Å²) in [5.41, 5.74) is -0.766. The molecule has 0 unspecified atom stereocenters. The molecule has 0 aromatic carbocycles. The van der Waals surface area contributed by atoms with E-state index < -0.39 is 11.9 Å². The largest absolute Gasteiger partial charge is 0.434 e. The SMILES string of the molecule is Cl.Cn1cnc(Br)c1C(F)(F)F. The van der Waals surface area contributed by atoms with Crippen molar-refractivity contribution < 1.29 is 13.2 Å². The summed E-state index contributed by atoms with van der Waals surface area (Å²) >= 11 is 2.70. The molecule has 0 saturated carbocycles. The Morgan fingerprint density at radius 1 is 1.50 bits per heavy atom. The molecule has 0 radical (unpaired) electrons. The minimum absolute atomic E-state index is 0. The molecule has 0 atom stereocenters. The lowest BCUT2D eigenvalue weighted by molar-refractivity contribution is -0.143. The fraction of sp³-hybridized carbons (Fsp3) is 0.400. The number of halogens is 5. The molecule has 0 spiro atoms. The van der Waals surface area contributed by atoms with Gasteiger partial charge in [0.1, 0.15) is 4.60 Å². The van der Waals surface area contributed by atoms with Crippen molar-refractivity contribution in [3.8, 4) is 0 Å². The Kier molecular flexibility index (Phi) is 3.59. The molecule has 70 valence electrons. The summed E-state index contributed by atoms with van der Waals surface area (Å²) in [4.78, 5) is 3.44. The molecule has 0 fully saturated rings. The molecule has 1 heterocycles. The van der Waals surface area contributed by atoms with E-state index >= 15 is 0 Å². The lowest BCUT2D eigenvalue weighted by Crippen LogP contribution is -2.11. The van der Waals surface area contributed by atoms with E-state index in [0.717, 1.165) is 10.9 Å². The molecule has 1 aromatic rings. The monoisotopic (exact) mass is 264 g/mol. The van der Waals surface area contributed by atoms with E-state index in [1.165, 1.54) is 7.05 Å². The van der Waals surface area contributed by atoms with Gasteiger partial charge in [-0.1, -0.05) is 0 Å². The van der Waals surface area contributed by atoms with Crippen molar-refractivity contribution in [2.45, 2.75) is 6.18 Å². The normalized spacial score (nSPS) is 11.1. The first kappa shape index (κ1) is 11.8. The molecule has 0 aliphatic carbocycles. The summed E-state index contributed by atoms with van der Waals surface area (Å²) in [6, 6.07) is 0. The predicted octanol–water partition coefficient (Wildman–Crippen LogP) is 2.62. The van der Waals surface area contributed by atoms with E-state index in [9.17, 15) is 13.2 Å². The second-order valence-corrected chi connectivity index (χ2v) is 2.74. The van der Waals surface area contributed by atoms with Crippen molar-refractivity contribution in [3.05, 3.63) is 16.6 Å². The van der Waals surface area contributed by atoms with Crippen molar-refractivity contribution in [1.29, 1.82) is 0 Å². The van der Waals surface area contributed by atoms with Crippen molar-refractivity contribution in [1.82, 2.24) is 9.55 Å². The highest BCUT2D eigenvalue weighted by Gasteiger charge is 2.36. The zero-order chi connectivity index (χ0) is 8.65. The first-order chi connectivity index (χ1) is 4.93. The van der Waals surface area contributed by atoms with Gasteiger partial charge in [0, 0.05) is 7.05 Å². The van der Waals surface area contributed by atoms with Crippen LogP contribution in [0.2, 0.25) is 0 Å². The van der Waals surface area contributed by atoms with Crippen molar-refractivity contribution >= 4 is 28.3 Å². The number of alkyl halides is 3. The van der Waals surface area contributed by atoms with Gasteiger partial charge in [0.2, 0.25) is 0 Å². The Morgan fingerprint density at radius 3 is 2.17 bits per heavy atom. The van der Waals surface area contributed by atoms with Gasteiger partial charge < -0.3 is 4.57 Å². The zero-order valence-corrected chi connectivity index (χ0v) is 8.29. The molecule has 2 nitrogen and oxygen atoms in total. The molecule has 1 aromatic heterocycles. The van der Waals surface area contributed by atoms with E-state index in [-0.39, 0.29) is 17.0 Å². The van der Waals surface area contributed by atoms with Gasteiger partial charge in [-0.25, -0.2) is 4.98 Å². The summed E-state index contributed by atoms with van der Waals surface area (Å²) < 4.78 is 36.9. The molecule has 0 N–H and O–H groups in total. The Bertz CT molecular complexity index is 251. The Labute approximate surface area is 81.3 Å². The van der Waals surface area contributed by atoms with Crippen molar-refractivity contribution in [3.63, 3.8) is 0 Å². The summed E-state index contributed by atoms with van der Waals surface area (Å²) in [5, 5.41) is 0. The number of hydrogen-bond acceptors (Lipinski definition) is 1. The highest BCUT2D eigenvalue weighted by molar-refractivity contribution is 9.10. The lowest BCUT2D eigenvalue weighted by Gasteiger charge is -2.06. The van der Waals surface area contributed by atoms with Gasteiger partial charge in [0.15, 0.2) is 5.69 Å². The third kappa shape index (κ3) is 2.13. The molecular formula is C5H5BrClF3N2. The summed E-state index contributed by atoms with van der Waals surface area (Å²) in [6.07, 6.45) is -3.24. The maximum absolute atomic E-state index is 12.1. The topological polar surface area (TPSA) is 17.8 Å². The fourth-order valence-corrected chi connectivity index (χ4v) is 1.31. The van der Waals surface area contributed by atoms with Crippen molar-refractivity contribution in [2.75, 3.05) is 0 Å². The smallest absolute Gasteiger partial charge is 0.329 e. The number of nitrogens with zero attached hydrogens (tertiary/aromatic N) is 2. The van der Waals surface area contributed by atoms with Gasteiger partial charge in [0.05, 0.1) is 6.33 Å². The molecule has 12 heavy (non-hydrogen) atoms. The van der Waals surface area contributed by atoms with Crippen LogP contribution in [-0.2, 0) is 13.2 Å². The predicted molar refractivity (Wildman–Crippen MR) is 43.2 cm³/mol. The van der Waals surface area contributed by atoms with Crippen LogP contribution in [0.3, 0.4) is 0 Å². The Morgan fingerprint density at radius 2 is 2.00 bits per heavy atom. The van der Waals surface area contributed by atoms with E-state index in [2.05, 4.69) is 20.9 Å². The molecule has 7 heteroatoms. The molecule has 0 amide bonds. The molecule has 0 aliphatic rings. The fourth-order valence-electron chi connectivity index (χ4n) is 0.719. The van der Waals surface area contributed by atoms with E-state index in [1.807, 2.05) is 0 Å². The number of aromatic nitrogens is 2. The molecule has 1 rings (SSSR count).